The van der Waals surface area contributed by atoms with Crippen molar-refractivity contribution in [1.29, 1.82) is 0 Å². The minimum absolute atomic E-state index is 0. The van der Waals surface area contributed by atoms with Crippen LogP contribution in [0.2, 0.25) is 0 Å². The van der Waals surface area contributed by atoms with Crippen molar-refractivity contribution < 1.29 is 0 Å². The lowest BCUT2D eigenvalue weighted by atomic mass is 9.89. The number of likely N-dealkylation sites (N-methyl/N-ethyl adjacent to an activating group) is 1. The molecule has 0 spiro atoms. The fraction of sp³-hybridized carbons (Fsp3) is 0.944. The molecule has 6 heteroatoms. The maximum atomic E-state index is 4.35. The molecule has 0 bridgehead atoms. The van der Waals surface area contributed by atoms with Crippen LogP contribution >= 0.6 is 24.0 Å². The minimum Gasteiger partial charge on any atom is -0.355 e. The van der Waals surface area contributed by atoms with Crippen LogP contribution in [-0.2, 0) is 0 Å². The van der Waals surface area contributed by atoms with Gasteiger partial charge in [-0.2, -0.15) is 0 Å². The third-order valence-corrected chi connectivity index (χ3v) is 4.47. The lowest BCUT2D eigenvalue weighted by molar-refractivity contribution is 0.279. The Balaban J connectivity index is 0.00000529. The molecular weight excluding hydrogens is 413 g/mol. The van der Waals surface area contributed by atoms with Gasteiger partial charge in [-0.3, -0.25) is 4.99 Å². The molecule has 0 saturated carbocycles. The Bertz CT molecular complexity index is 354. The second-order valence-electron chi connectivity index (χ2n) is 8.14. The standard InChI is InChI=1S/C18H39N5.HI/c1-16(8-9-18(2,3)4)21-17(19-5)20-10-13-23-12-7-11-22(6)14-15-23;/h16H,7-15H2,1-6H3,(H2,19,20,21);1H. The number of hydrogen-bond acceptors (Lipinski definition) is 3. The Morgan fingerprint density at radius 2 is 1.88 bits per heavy atom. The van der Waals surface area contributed by atoms with E-state index in [4.69, 9.17) is 0 Å². The third-order valence-electron chi connectivity index (χ3n) is 4.47. The van der Waals surface area contributed by atoms with Gasteiger partial charge in [0.2, 0.25) is 0 Å². The van der Waals surface area contributed by atoms with E-state index in [2.05, 4.69) is 60.2 Å². The fourth-order valence-electron chi connectivity index (χ4n) is 2.81. The lowest BCUT2D eigenvalue weighted by Gasteiger charge is -2.24. The Morgan fingerprint density at radius 3 is 2.50 bits per heavy atom. The third kappa shape index (κ3) is 11.5. The molecule has 1 unspecified atom stereocenters. The molecule has 1 heterocycles. The van der Waals surface area contributed by atoms with Crippen LogP contribution < -0.4 is 10.6 Å². The van der Waals surface area contributed by atoms with E-state index in [0.29, 0.717) is 11.5 Å². The first-order valence-corrected chi connectivity index (χ1v) is 9.18. The van der Waals surface area contributed by atoms with Crippen molar-refractivity contribution in [1.82, 2.24) is 20.4 Å². The van der Waals surface area contributed by atoms with E-state index in [-0.39, 0.29) is 24.0 Å². The quantitative estimate of drug-likeness (QED) is 0.369. The second-order valence-corrected chi connectivity index (χ2v) is 8.14. The molecule has 5 nitrogen and oxygen atoms in total. The molecule has 0 radical (unpaired) electrons. The number of nitrogens with zero attached hydrogens (tertiary/aromatic N) is 3. The monoisotopic (exact) mass is 453 g/mol. The van der Waals surface area contributed by atoms with E-state index < -0.39 is 0 Å². The first-order valence-electron chi connectivity index (χ1n) is 9.18. The Labute approximate surface area is 167 Å². The van der Waals surface area contributed by atoms with Gasteiger partial charge in [0.15, 0.2) is 5.96 Å². The van der Waals surface area contributed by atoms with Gasteiger partial charge in [0.1, 0.15) is 0 Å². The maximum Gasteiger partial charge on any atom is 0.191 e. The van der Waals surface area contributed by atoms with Crippen LogP contribution in [0.4, 0.5) is 0 Å². The summed E-state index contributed by atoms with van der Waals surface area (Å²) in [5.74, 6) is 0.929. The van der Waals surface area contributed by atoms with Crippen molar-refractivity contribution in [3.05, 3.63) is 0 Å². The number of aliphatic imine (C=N–C) groups is 1. The molecule has 1 aliphatic rings. The number of rotatable bonds is 6. The van der Waals surface area contributed by atoms with Gasteiger partial charge in [-0.25, -0.2) is 0 Å². The Hall–Kier alpha value is -0.0800. The van der Waals surface area contributed by atoms with Crippen molar-refractivity contribution in [2.24, 2.45) is 10.4 Å². The van der Waals surface area contributed by atoms with Gasteiger partial charge in [0.25, 0.3) is 0 Å². The van der Waals surface area contributed by atoms with Crippen molar-refractivity contribution in [2.75, 3.05) is 53.4 Å². The topological polar surface area (TPSA) is 42.9 Å². The number of nitrogens with one attached hydrogen (secondary N) is 2. The summed E-state index contributed by atoms with van der Waals surface area (Å²) in [5.41, 5.74) is 0.396. The van der Waals surface area contributed by atoms with Crippen LogP contribution in [0.25, 0.3) is 0 Å². The zero-order valence-corrected chi connectivity index (χ0v) is 19.0. The number of halogens is 1. The van der Waals surface area contributed by atoms with Gasteiger partial charge in [0, 0.05) is 39.3 Å². The van der Waals surface area contributed by atoms with Crippen LogP contribution in [0, 0.1) is 5.41 Å². The summed E-state index contributed by atoms with van der Waals surface area (Å²) in [4.78, 5) is 9.32. The summed E-state index contributed by atoms with van der Waals surface area (Å²) in [7, 11) is 4.07. The SMILES string of the molecule is CN=C(NCCN1CCCN(C)CC1)NC(C)CCC(C)(C)C.I. The molecule has 144 valence electrons. The van der Waals surface area contributed by atoms with Crippen LogP contribution in [0.15, 0.2) is 4.99 Å². The molecule has 2 N–H and O–H groups in total. The maximum absolute atomic E-state index is 4.35. The average molecular weight is 453 g/mol. The molecule has 0 aromatic rings. The average Bonchev–Trinajstić information content (AvgIpc) is 2.68. The fourth-order valence-corrected chi connectivity index (χ4v) is 2.81. The van der Waals surface area contributed by atoms with Gasteiger partial charge in [0.05, 0.1) is 0 Å². The predicted octanol–water partition coefficient (Wildman–Crippen LogP) is 2.62. The highest BCUT2D eigenvalue weighted by atomic mass is 127. The number of guanidine groups is 1. The van der Waals surface area contributed by atoms with Crippen molar-refractivity contribution in [3.63, 3.8) is 0 Å². The molecule has 0 amide bonds. The first-order chi connectivity index (χ1) is 10.8. The highest BCUT2D eigenvalue weighted by molar-refractivity contribution is 14.0. The van der Waals surface area contributed by atoms with Crippen LogP contribution in [-0.4, -0.2) is 75.2 Å². The Kier molecular flexibility index (Phi) is 12.3. The van der Waals surface area contributed by atoms with Crippen LogP contribution in [0.1, 0.15) is 47.0 Å². The summed E-state index contributed by atoms with van der Waals surface area (Å²) in [6.45, 7) is 16.0. The molecule has 1 saturated heterocycles. The summed E-state index contributed by atoms with van der Waals surface area (Å²) >= 11 is 0. The summed E-state index contributed by atoms with van der Waals surface area (Å²) in [5, 5.41) is 6.97. The molecule has 0 aromatic heterocycles. The van der Waals surface area contributed by atoms with E-state index in [1.54, 1.807) is 0 Å². The van der Waals surface area contributed by atoms with Gasteiger partial charge >= 0.3 is 0 Å². The smallest absolute Gasteiger partial charge is 0.191 e. The Morgan fingerprint density at radius 1 is 1.17 bits per heavy atom. The molecule has 1 aliphatic heterocycles. The highest BCUT2D eigenvalue weighted by Gasteiger charge is 2.14. The van der Waals surface area contributed by atoms with Crippen LogP contribution in [0.5, 0.6) is 0 Å². The molecular formula is C18H40IN5. The van der Waals surface area contributed by atoms with E-state index in [1.807, 2.05) is 7.05 Å². The predicted molar refractivity (Wildman–Crippen MR) is 117 cm³/mol. The largest absolute Gasteiger partial charge is 0.355 e. The summed E-state index contributed by atoms with van der Waals surface area (Å²) < 4.78 is 0. The lowest BCUT2D eigenvalue weighted by Crippen LogP contribution is -2.45. The van der Waals surface area contributed by atoms with Crippen molar-refractivity contribution in [2.45, 2.75) is 53.0 Å². The van der Waals surface area contributed by atoms with Gasteiger partial charge in [-0.1, -0.05) is 20.8 Å². The van der Waals surface area contributed by atoms with E-state index in [9.17, 15) is 0 Å². The molecule has 1 fully saturated rings. The minimum atomic E-state index is 0. The second kappa shape index (κ2) is 12.3. The van der Waals surface area contributed by atoms with Gasteiger partial charge in [-0.15, -0.1) is 24.0 Å². The first kappa shape index (κ1) is 23.9. The summed E-state index contributed by atoms with van der Waals surface area (Å²) in [6, 6.07) is 0.451. The van der Waals surface area contributed by atoms with Crippen LogP contribution in [0.3, 0.4) is 0 Å². The van der Waals surface area contributed by atoms with E-state index in [1.165, 1.54) is 45.4 Å². The highest BCUT2D eigenvalue weighted by Crippen LogP contribution is 2.21. The zero-order chi connectivity index (χ0) is 17.3. The van der Waals surface area contributed by atoms with Gasteiger partial charge < -0.3 is 20.4 Å². The van der Waals surface area contributed by atoms with Gasteiger partial charge in [-0.05, 0) is 51.7 Å². The van der Waals surface area contributed by atoms with Crippen molar-refractivity contribution in [3.8, 4) is 0 Å². The van der Waals surface area contributed by atoms with E-state index in [0.717, 1.165) is 19.0 Å². The molecule has 1 atom stereocenters. The normalized spacial score (nSPS) is 19.3. The van der Waals surface area contributed by atoms with E-state index >= 15 is 0 Å². The zero-order valence-electron chi connectivity index (χ0n) is 16.7. The molecule has 1 rings (SSSR count). The molecule has 24 heavy (non-hydrogen) atoms. The molecule has 0 aliphatic carbocycles. The number of hydrogen-bond donors (Lipinski definition) is 2. The molecule has 0 aromatic carbocycles. The van der Waals surface area contributed by atoms with Crippen molar-refractivity contribution >= 4 is 29.9 Å². The summed E-state index contributed by atoms with van der Waals surface area (Å²) in [6.07, 6.45) is 3.66.